The molecule has 0 aliphatic heterocycles. The van der Waals surface area contributed by atoms with Crippen LogP contribution in [0.5, 0.6) is 0 Å². The van der Waals surface area contributed by atoms with Crippen molar-refractivity contribution in [3.63, 3.8) is 0 Å². The van der Waals surface area contributed by atoms with Crippen LogP contribution in [0.25, 0.3) is 0 Å². The van der Waals surface area contributed by atoms with Gasteiger partial charge in [-0.2, -0.15) is 0 Å². The van der Waals surface area contributed by atoms with Crippen molar-refractivity contribution in [3.8, 4) is 0 Å². The second-order valence-electron chi connectivity index (χ2n) is 0.577. The van der Waals surface area contributed by atoms with Crippen LogP contribution < -0.4 is 30.1 Å². The van der Waals surface area contributed by atoms with Crippen molar-refractivity contribution in [2.45, 2.75) is 0 Å². The van der Waals surface area contributed by atoms with Gasteiger partial charge in [-0.1, -0.05) is 0 Å². The second kappa shape index (κ2) is 124. The quantitative estimate of drug-likeness (QED) is 0.337. The molecule has 0 aliphatic carbocycles. The van der Waals surface area contributed by atoms with Gasteiger partial charge in [0.1, 0.15) is 0 Å². The molecular formula is H16B2Mn3O14. The Morgan fingerprint density at radius 1 is 0.316 bits per heavy atom. The van der Waals surface area contributed by atoms with Crippen LogP contribution >= 0.6 is 0 Å². The van der Waals surface area contributed by atoms with Crippen LogP contribution in [0.3, 0.4) is 0 Å². The minimum atomic E-state index is -2.92. The summed E-state index contributed by atoms with van der Waals surface area (Å²) in [5.41, 5.74) is 0. The molecule has 19 heavy (non-hydrogen) atoms. The van der Waals surface area contributed by atoms with E-state index < -0.39 is 14.6 Å². The second-order valence-corrected chi connectivity index (χ2v) is 0.577. The maximum Gasteiger partial charge on any atom is 2.00 e. The molecule has 0 bridgehead atoms. The molecule has 14 nitrogen and oxygen atoms in total. The summed E-state index contributed by atoms with van der Waals surface area (Å²) < 4.78 is 0. The van der Waals surface area contributed by atoms with E-state index in [0.717, 1.165) is 0 Å². The monoisotopic (exact) mass is 427 g/mol. The third kappa shape index (κ3) is 4410. The molecule has 0 heterocycles. The Balaban J connectivity index is -0.00000000218. The minimum absolute atomic E-state index is 0. The first kappa shape index (κ1) is 145. The van der Waals surface area contributed by atoms with Gasteiger partial charge in [-0.3, -0.25) is 14.6 Å². The molecule has 0 spiro atoms. The average Bonchev–Trinajstić information content (AvgIpc) is 1.25. The zero-order valence-corrected chi connectivity index (χ0v) is 12.3. The van der Waals surface area contributed by atoms with Crippen LogP contribution in [0.2, 0.25) is 0 Å². The Morgan fingerprint density at radius 3 is 0.316 bits per heavy atom. The van der Waals surface area contributed by atoms with Gasteiger partial charge in [-0.25, -0.2) is 0 Å². The SMILES string of the molecule is O.O.O.O.O.O.O.O.[Mn+2].[Mn+2].[Mn+2].[O-]B([O-])[O-].[O-]B([O-])[O-]. The van der Waals surface area contributed by atoms with Gasteiger partial charge in [0, 0.05) is 0 Å². The molecule has 127 valence electrons. The van der Waals surface area contributed by atoms with E-state index in [0.29, 0.717) is 0 Å². The van der Waals surface area contributed by atoms with Crippen LogP contribution in [-0.4, -0.2) is 58.5 Å². The molecule has 0 aliphatic rings. The molecule has 0 aromatic heterocycles. The molecule has 0 saturated heterocycles. The van der Waals surface area contributed by atoms with E-state index >= 15 is 0 Å². The number of hydrogen-bond acceptors (Lipinski definition) is 6. The average molecular weight is 427 g/mol. The Labute approximate surface area is 140 Å². The third-order valence-electron chi connectivity index (χ3n) is 0. The van der Waals surface area contributed by atoms with E-state index in [-0.39, 0.29) is 95.0 Å². The molecule has 3 radical (unpaired) electrons. The van der Waals surface area contributed by atoms with Crippen LogP contribution in [0, 0.1) is 0 Å². The predicted molar refractivity (Wildman–Crippen MR) is 40.4 cm³/mol. The fourth-order valence-electron chi connectivity index (χ4n) is 0. The maximum absolute atomic E-state index is 8.42. The molecule has 0 aromatic carbocycles. The number of rotatable bonds is 0. The van der Waals surface area contributed by atoms with Gasteiger partial charge in [0.2, 0.25) is 0 Å². The van der Waals surface area contributed by atoms with Gasteiger partial charge in [-0.05, 0) is 0 Å². The smallest absolute Gasteiger partial charge is 0.907 e. The van der Waals surface area contributed by atoms with Crippen molar-refractivity contribution >= 4 is 14.6 Å². The van der Waals surface area contributed by atoms with Crippen LogP contribution in [0.4, 0.5) is 0 Å². The fourth-order valence-corrected chi connectivity index (χ4v) is 0. The zero-order valence-electron chi connectivity index (χ0n) is 8.74. The van der Waals surface area contributed by atoms with Crippen molar-refractivity contribution in [1.82, 2.24) is 0 Å². The predicted octanol–water partition coefficient (Wildman–Crippen LogP) is -14.5. The van der Waals surface area contributed by atoms with E-state index in [1.807, 2.05) is 0 Å². The van der Waals surface area contributed by atoms with Gasteiger partial charge in [0.25, 0.3) is 0 Å². The molecule has 0 amide bonds. The molecule has 0 unspecified atom stereocenters. The van der Waals surface area contributed by atoms with Crippen molar-refractivity contribution in [3.05, 3.63) is 0 Å². The third-order valence-corrected chi connectivity index (χ3v) is 0. The summed E-state index contributed by atoms with van der Waals surface area (Å²) in [6.07, 6.45) is 0. The van der Waals surface area contributed by atoms with Gasteiger partial charge in [-0.15, -0.1) is 0 Å². The molecule has 0 atom stereocenters. The largest absolute Gasteiger partial charge is 2.00 e. The van der Waals surface area contributed by atoms with Crippen LogP contribution in [0.1, 0.15) is 0 Å². The first-order chi connectivity index (χ1) is 3.46. The first-order valence-electron chi connectivity index (χ1n) is 1.41. The molecule has 0 rings (SSSR count). The first-order valence-corrected chi connectivity index (χ1v) is 1.41. The summed E-state index contributed by atoms with van der Waals surface area (Å²) in [5, 5.41) is 50.5. The summed E-state index contributed by atoms with van der Waals surface area (Å²) in [6, 6.07) is 0. The van der Waals surface area contributed by atoms with Gasteiger partial charge >= 0.3 is 51.2 Å². The molecular weight excluding hydrogens is 410 g/mol. The van der Waals surface area contributed by atoms with E-state index in [1.54, 1.807) is 0 Å². The minimum Gasteiger partial charge on any atom is -0.907 e. The Morgan fingerprint density at radius 2 is 0.316 bits per heavy atom. The van der Waals surface area contributed by atoms with Crippen LogP contribution in [0.15, 0.2) is 0 Å². The molecule has 16 N–H and O–H groups in total. The zero-order chi connectivity index (χ0) is 7.15. The van der Waals surface area contributed by atoms with E-state index in [9.17, 15) is 0 Å². The van der Waals surface area contributed by atoms with Gasteiger partial charge < -0.3 is 74.0 Å². The molecule has 0 saturated carbocycles. The summed E-state index contributed by atoms with van der Waals surface area (Å²) in [4.78, 5) is 0. The number of hydrogen-bond donors (Lipinski definition) is 0. The van der Waals surface area contributed by atoms with E-state index in [1.165, 1.54) is 0 Å². The summed E-state index contributed by atoms with van der Waals surface area (Å²) in [5.74, 6) is 0. The Kier molecular flexibility index (Phi) is 944. The summed E-state index contributed by atoms with van der Waals surface area (Å²) in [6.45, 7) is 0. The Bertz CT molecular complexity index is 36.2. The molecule has 0 fully saturated rings. The van der Waals surface area contributed by atoms with Crippen LogP contribution in [-0.2, 0) is 51.2 Å². The van der Waals surface area contributed by atoms with Gasteiger partial charge in [0.05, 0.1) is 0 Å². The topological polar surface area (TPSA) is 390 Å². The Hall–Kier alpha value is 1.13. The molecule has 19 heteroatoms. The normalized spacial score (nSPS) is 2.84. The van der Waals surface area contributed by atoms with Gasteiger partial charge in [0.15, 0.2) is 0 Å². The van der Waals surface area contributed by atoms with Crippen molar-refractivity contribution in [2.75, 3.05) is 0 Å². The standard InChI is InChI=1S/2BO3.3Mn.8H2O/c2*2-1(3)4;;;;;;;;;;;/h;;;;;8*1H2/q2*-3;3*+2;;;;;;;;. The fraction of sp³-hybridized carbons (Fsp3) is 0. The molecule has 0 aromatic rings. The van der Waals surface area contributed by atoms with E-state index in [2.05, 4.69) is 0 Å². The van der Waals surface area contributed by atoms with Crippen molar-refractivity contribution in [1.29, 1.82) is 0 Å². The van der Waals surface area contributed by atoms with Crippen molar-refractivity contribution < 1.29 is 125 Å². The maximum atomic E-state index is 8.42. The van der Waals surface area contributed by atoms with E-state index in [4.69, 9.17) is 30.1 Å². The van der Waals surface area contributed by atoms with Crippen molar-refractivity contribution in [2.24, 2.45) is 0 Å². The summed E-state index contributed by atoms with van der Waals surface area (Å²) >= 11 is 0. The summed E-state index contributed by atoms with van der Waals surface area (Å²) in [7, 11) is -5.83.